The average Bonchev–Trinajstić information content (AvgIpc) is 2.42. The zero-order chi connectivity index (χ0) is 16.0. The second kappa shape index (κ2) is 8.14. The predicted molar refractivity (Wildman–Crippen MR) is 85.6 cm³/mol. The van der Waals surface area contributed by atoms with Gasteiger partial charge < -0.3 is 15.3 Å². The fourth-order valence-electron chi connectivity index (χ4n) is 1.89. The maximum Gasteiger partial charge on any atom is 0.326 e. The summed E-state index contributed by atoms with van der Waals surface area (Å²) in [6, 6.07) is -1.63. The molecule has 2 atom stereocenters. The van der Waals surface area contributed by atoms with E-state index in [-0.39, 0.29) is 0 Å². The Morgan fingerprint density at radius 3 is 2.71 bits per heavy atom. The highest BCUT2D eigenvalue weighted by Crippen LogP contribution is 2.20. The fraction of sp³-hybridized carbons (Fsp3) is 0.818. The number of carboxylic acid groups (broad SMARTS) is 1. The highest BCUT2D eigenvalue weighted by atomic mass is 32.2. The van der Waals surface area contributed by atoms with Gasteiger partial charge in [0.2, 0.25) is 0 Å². The third kappa shape index (κ3) is 5.59. The summed E-state index contributed by atoms with van der Waals surface area (Å²) in [5.74, 6) is 0.444. The summed E-state index contributed by atoms with van der Waals surface area (Å²) in [7, 11) is -3.40. The lowest BCUT2D eigenvalue weighted by Gasteiger charge is -2.34. The summed E-state index contributed by atoms with van der Waals surface area (Å²) in [6.07, 6.45) is 3.24. The molecule has 122 valence electrons. The lowest BCUT2D eigenvalue weighted by atomic mass is 10.2. The van der Waals surface area contributed by atoms with Gasteiger partial charge in [-0.1, -0.05) is 0 Å². The molecule has 10 heteroatoms. The monoisotopic (exact) mass is 356 g/mol. The van der Waals surface area contributed by atoms with Gasteiger partial charge in [0.15, 0.2) is 9.84 Å². The van der Waals surface area contributed by atoms with E-state index in [0.717, 1.165) is 6.26 Å². The molecule has 7 nitrogen and oxygen atoms in total. The maximum absolute atomic E-state index is 12.2. The molecule has 0 bridgehead atoms. The van der Waals surface area contributed by atoms with E-state index in [9.17, 15) is 18.0 Å². The first kappa shape index (κ1) is 18.4. The molecule has 0 aliphatic carbocycles. The summed E-state index contributed by atoms with van der Waals surface area (Å²) in [5, 5.41) is 10.6. The topological polar surface area (TPSA) is 104 Å². The van der Waals surface area contributed by atoms with E-state index in [0.29, 0.717) is 30.2 Å². The van der Waals surface area contributed by atoms with Crippen molar-refractivity contribution in [2.75, 3.05) is 36.3 Å². The van der Waals surface area contributed by atoms with Crippen molar-refractivity contribution >= 4 is 45.4 Å². The van der Waals surface area contributed by atoms with E-state index in [1.807, 2.05) is 6.26 Å². The number of aliphatic carboxylic acids is 1. The number of amides is 2. The Hall–Kier alpha value is -0.610. The first-order valence-electron chi connectivity index (χ1n) is 6.33. The van der Waals surface area contributed by atoms with Crippen LogP contribution in [-0.4, -0.2) is 78.2 Å². The maximum atomic E-state index is 12.2. The van der Waals surface area contributed by atoms with E-state index in [1.165, 1.54) is 28.4 Å². The molecule has 1 saturated heterocycles. The first-order valence-corrected chi connectivity index (χ1v) is 10.8. The molecule has 21 heavy (non-hydrogen) atoms. The summed E-state index contributed by atoms with van der Waals surface area (Å²) in [5.41, 5.74) is 0. The molecule has 1 fully saturated rings. The zero-order valence-electron chi connectivity index (χ0n) is 11.9. The van der Waals surface area contributed by atoms with E-state index < -0.39 is 33.3 Å². The van der Waals surface area contributed by atoms with Gasteiger partial charge in [-0.3, -0.25) is 0 Å². The van der Waals surface area contributed by atoms with Gasteiger partial charge in [0.05, 0.1) is 0 Å². The van der Waals surface area contributed by atoms with Crippen LogP contribution in [0.2, 0.25) is 0 Å². The molecule has 0 spiro atoms. The first-order chi connectivity index (χ1) is 9.77. The minimum atomic E-state index is -3.40. The van der Waals surface area contributed by atoms with Gasteiger partial charge in [-0.15, -0.1) is 0 Å². The number of nitrogens with one attached hydrogen (secondary N) is 1. The molecular weight excluding hydrogens is 336 g/mol. The van der Waals surface area contributed by atoms with Crippen molar-refractivity contribution in [2.24, 2.45) is 0 Å². The van der Waals surface area contributed by atoms with Crippen LogP contribution in [0.4, 0.5) is 4.79 Å². The van der Waals surface area contributed by atoms with Crippen molar-refractivity contribution in [1.29, 1.82) is 0 Å². The Kier molecular flexibility index (Phi) is 7.14. The smallest absolute Gasteiger partial charge is 0.326 e. The Labute approximate surface area is 133 Å². The number of carbonyl (C=O) groups is 2. The van der Waals surface area contributed by atoms with Crippen LogP contribution < -0.4 is 5.32 Å². The predicted octanol–water partition coefficient (Wildman–Crippen LogP) is 0.322. The lowest BCUT2D eigenvalue weighted by Crippen LogP contribution is -2.56. The minimum Gasteiger partial charge on any atom is -0.480 e. The Morgan fingerprint density at radius 2 is 2.19 bits per heavy atom. The standard InChI is InChI=1S/C11H20N2O5S3/c1-19-5-3-8(10(14)15)12-11(16)13-4-6-20-7-9(13)21(2,17)18/h8-9H,3-7H2,1-2H3,(H,12,16)(H,14,15). The van der Waals surface area contributed by atoms with Gasteiger partial charge in [0, 0.05) is 24.3 Å². The van der Waals surface area contributed by atoms with Crippen molar-refractivity contribution in [2.45, 2.75) is 17.8 Å². The minimum absolute atomic E-state index is 0.295. The number of thioether (sulfide) groups is 2. The molecule has 0 aromatic heterocycles. The van der Waals surface area contributed by atoms with Crippen LogP contribution in [0.5, 0.6) is 0 Å². The SMILES string of the molecule is CSCCC(NC(=O)N1CCSCC1S(C)(=O)=O)C(=O)O. The number of carbonyl (C=O) groups excluding carboxylic acids is 1. The van der Waals surface area contributed by atoms with Gasteiger partial charge in [0.1, 0.15) is 11.4 Å². The van der Waals surface area contributed by atoms with Crippen LogP contribution in [0.3, 0.4) is 0 Å². The second-order valence-corrected chi connectivity index (χ2v) is 9.01. The van der Waals surface area contributed by atoms with Crippen LogP contribution in [0, 0.1) is 0 Å². The Morgan fingerprint density at radius 1 is 1.52 bits per heavy atom. The van der Waals surface area contributed by atoms with Gasteiger partial charge in [-0.25, -0.2) is 18.0 Å². The molecule has 0 radical (unpaired) electrons. The normalized spacial score (nSPS) is 20.9. The molecule has 2 amide bonds. The van der Waals surface area contributed by atoms with Crippen molar-refractivity contribution in [3.63, 3.8) is 0 Å². The molecule has 2 unspecified atom stereocenters. The quantitative estimate of drug-likeness (QED) is 0.706. The molecule has 0 aromatic carbocycles. The van der Waals surface area contributed by atoms with Crippen LogP contribution in [0.25, 0.3) is 0 Å². The molecule has 0 aromatic rings. The third-order valence-electron chi connectivity index (χ3n) is 3.05. The van der Waals surface area contributed by atoms with Crippen LogP contribution >= 0.6 is 23.5 Å². The van der Waals surface area contributed by atoms with Crippen molar-refractivity contribution in [3.05, 3.63) is 0 Å². The van der Waals surface area contributed by atoms with Gasteiger partial charge in [-0.2, -0.15) is 23.5 Å². The molecule has 1 aliphatic rings. The van der Waals surface area contributed by atoms with Gasteiger partial charge in [-0.05, 0) is 18.4 Å². The van der Waals surface area contributed by atoms with Crippen LogP contribution in [0.15, 0.2) is 0 Å². The van der Waals surface area contributed by atoms with E-state index in [2.05, 4.69) is 5.32 Å². The molecule has 1 rings (SSSR count). The number of carboxylic acids is 1. The lowest BCUT2D eigenvalue weighted by molar-refractivity contribution is -0.139. The highest BCUT2D eigenvalue weighted by molar-refractivity contribution is 8.00. The number of urea groups is 1. The largest absolute Gasteiger partial charge is 0.480 e. The molecule has 1 heterocycles. The average molecular weight is 356 g/mol. The number of sulfone groups is 1. The summed E-state index contributed by atoms with van der Waals surface area (Å²) in [6.45, 7) is 0.295. The van der Waals surface area contributed by atoms with E-state index >= 15 is 0 Å². The molecule has 0 saturated carbocycles. The second-order valence-electron chi connectivity index (χ2n) is 4.67. The molecular formula is C11H20N2O5S3. The Balaban J connectivity index is 2.77. The van der Waals surface area contributed by atoms with Crippen molar-refractivity contribution < 1.29 is 23.1 Å². The van der Waals surface area contributed by atoms with Crippen LogP contribution in [-0.2, 0) is 14.6 Å². The molecule has 1 aliphatic heterocycles. The number of hydrogen-bond acceptors (Lipinski definition) is 6. The summed E-state index contributed by atoms with van der Waals surface area (Å²) >= 11 is 2.96. The van der Waals surface area contributed by atoms with Gasteiger partial charge >= 0.3 is 12.0 Å². The van der Waals surface area contributed by atoms with E-state index in [4.69, 9.17) is 5.11 Å². The van der Waals surface area contributed by atoms with Gasteiger partial charge in [0.25, 0.3) is 0 Å². The summed E-state index contributed by atoms with van der Waals surface area (Å²) < 4.78 is 23.5. The number of hydrogen-bond donors (Lipinski definition) is 2. The highest BCUT2D eigenvalue weighted by Gasteiger charge is 2.35. The van der Waals surface area contributed by atoms with E-state index in [1.54, 1.807) is 0 Å². The van der Waals surface area contributed by atoms with Crippen molar-refractivity contribution in [1.82, 2.24) is 10.2 Å². The Bertz CT molecular complexity index is 482. The number of rotatable bonds is 6. The zero-order valence-corrected chi connectivity index (χ0v) is 14.4. The fourth-order valence-corrected chi connectivity index (χ4v) is 5.18. The van der Waals surface area contributed by atoms with Crippen molar-refractivity contribution in [3.8, 4) is 0 Å². The third-order valence-corrected chi connectivity index (χ3v) is 6.33. The summed E-state index contributed by atoms with van der Waals surface area (Å²) in [4.78, 5) is 24.6. The molecule has 2 N–H and O–H groups in total. The number of nitrogens with zero attached hydrogens (tertiary/aromatic N) is 1. The van der Waals surface area contributed by atoms with Crippen LogP contribution in [0.1, 0.15) is 6.42 Å².